The van der Waals surface area contributed by atoms with Gasteiger partial charge in [0.2, 0.25) is 5.91 Å². The summed E-state index contributed by atoms with van der Waals surface area (Å²) >= 11 is 2.08. The number of hydrogen-bond acceptors (Lipinski definition) is 3. The highest BCUT2D eigenvalue weighted by Crippen LogP contribution is 2.29. The number of carbonyl (C=O) groups excluding carboxylic acids is 1. The molecule has 1 rings (SSSR count). The molecule has 0 radical (unpaired) electrons. The lowest BCUT2D eigenvalue weighted by Crippen LogP contribution is -2.35. The highest BCUT2D eigenvalue weighted by atomic mass is 32.2. The van der Waals surface area contributed by atoms with E-state index in [9.17, 15) is 4.79 Å². The van der Waals surface area contributed by atoms with Crippen molar-refractivity contribution in [1.82, 2.24) is 10.6 Å². The summed E-state index contributed by atoms with van der Waals surface area (Å²) in [6.07, 6.45) is 3.92. The summed E-state index contributed by atoms with van der Waals surface area (Å²) in [5.41, 5.74) is 0. The van der Waals surface area contributed by atoms with E-state index in [2.05, 4.69) is 29.3 Å². The van der Waals surface area contributed by atoms with Crippen LogP contribution in [0.25, 0.3) is 0 Å². The molecule has 88 valence electrons. The van der Waals surface area contributed by atoms with Crippen molar-refractivity contribution in [3.63, 3.8) is 0 Å². The molecule has 1 aliphatic rings. The third-order valence-corrected chi connectivity index (χ3v) is 3.95. The molecule has 0 saturated heterocycles. The summed E-state index contributed by atoms with van der Waals surface area (Å²) in [4.78, 5) is 10.6. The van der Waals surface area contributed by atoms with E-state index in [0.29, 0.717) is 6.04 Å². The second-order valence-electron chi connectivity index (χ2n) is 4.02. The van der Waals surface area contributed by atoms with Crippen molar-refractivity contribution in [2.45, 2.75) is 44.4 Å². The molecule has 1 amide bonds. The standard InChI is InChI=1S/C11H22N2OS/c1-3-15-11-5-4-10(8-11)13-7-6-12-9(2)14/h10-11,13H,3-8H2,1-2H3,(H,12,14). The average molecular weight is 230 g/mol. The van der Waals surface area contributed by atoms with Crippen LogP contribution < -0.4 is 10.6 Å². The van der Waals surface area contributed by atoms with Gasteiger partial charge in [-0.15, -0.1) is 0 Å². The van der Waals surface area contributed by atoms with Crippen LogP contribution in [0.5, 0.6) is 0 Å². The van der Waals surface area contributed by atoms with Crippen LogP contribution in [-0.4, -0.2) is 36.0 Å². The summed E-state index contributed by atoms with van der Waals surface area (Å²) in [7, 11) is 0. The normalized spacial score (nSPS) is 25.5. The van der Waals surface area contributed by atoms with Crippen molar-refractivity contribution in [2.24, 2.45) is 0 Å². The molecule has 2 unspecified atom stereocenters. The lowest BCUT2D eigenvalue weighted by atomic mass is 10.2. The van der Waals surface area contributed by atoms with Gasteiger partial charge in [0.05, 0.1) is 0 Å². The molecule has 3 nitrogen and oxygen atoms in total. The van der Waals surface area contributed by atoms with Gasteiger partial charge in [-0.1, -0.05) is 6.92 Å². The number of thioether (sulfide) groups is 1. The first kappa shape index (κ1) is 12.8. The Morgan fingerprint density at radius 3 is 2.87 bits per heavy atom. The number of hydrogen-bond donors (Lipinski definition) is 2. The fourth-order valence-corrected chi connectivity index (χ4v) is 3.17. The van der Waals surface area contributed by atoms with E-state index in [1.54, 1.807) is 6.92 Å². The maximum absolute atomic E-state index is 10.6. The largest absolute Gasteiger partial charge is 0.355 e. The van der Waals surface area contributed by atoms with Gasteiger partial charge in [-0.25, -0.2) is 0 Å². The van der Waals surface area contributed by atoms with Gasteiger partial charge in [0.15, 0.2) is 0 Å². The number of rotatable bonds is 6. The van der Waals surface area contributed by atoms with E-state index in [0.717, 1.165) is 18.3 Å². The molecule has 1 aliphatic carbocycles. The highest BCUT2D eigenvalue weighted by Gasteiger charge is 2.23. The van der Waals surface area contributed by atoms with Crippen molar-refractivity contribution in [3.8, 4) is 0 Å². The monoisotopic (exact) mass is 230 g/mol. The molecule has 15 heavy (non-hydrogen) atoms. The van der Waals surface area contributed by atoms with Gasteiger partial charge >= 0.3 is 0 Å². The summed E-state index contributed by atoms with van der Waals surface area (Å²) in [6.45, 7) is 5.43. The Hall–Kier alpha value is -0.220. The SMILES string of the molecule is CCSC1CCC(NCCNC(C)=O)C1. The Morgan fingerprint density at radius 1 is 1.40 bits per heavy atom. The van der Waals surface area contributed by atoms with Crippen molar-refractivity contribution in [3.05, 3.63) is 0 Å². The summed E-state index contributed by atoms with van der Waals surface area (Å²) in [5, 5.41) is 7.15. The first-order chi connectivity index (χ1) is 7.22. The molecule has 4 heteroatoms. The van der Waals surface area contributed by atoms with Gasteiger partial charge < -0.3 is 10.6 Å². The van der Waals surface area contributed by atoms with Crippen LogP contribution in [0.2, 0.25) is 0 Å². The molecule has 2 N–H and O–H groups in total. The molecular weight excluding hydrogens is 208 g/mol. The second-order valence-corrected chi connectivity index (χ2v) is 5.60. The lowest BCUT2D eigenvalue weighted by Gasteiger charge is -2.12. The zero-order chi connectivity index (χ0) is 11.1. The highest BCUT2D eigenvalue weighted by molar-refractivity contribution is 7.99. The number of carbonyl (C=O) groups is 1. The topological polar surface area (TPSA) is 41.1 Å². The molecule has 0 aliphatic heterocycles. The Kier molecular flexibility index (Phi) is 6.10. The third kappa shape index (κ3) is 5.42. The van der Waals surface area contributed by atoms with Crippen LogP contribution in [0, 0.1) is 0 Å². The first-order valence-electron chi connectivity index (χ1n) is 5.81. The molecule has 0 aromatic heterocycles. The molecule has 2 atom stereocenters. The second kappa shape index (κ2) is 7.12. The maximum Gasteiger partial charge on any atom is 0.216 e. The van der Waals surface area contributed by atoms with Crippen molar-refractivity contribution < 1.29 is 4.79 Å². The molecular formula is C11H22N2OS. The van der Waals surface area contributed by atoms with Crippen LogP contribution >= 0.6 is 11.8 Å². The number of amides is 1. The third-order valence-electron chi connectivity index (χ3n) is 2.72. The molecule has 0 aromatic carbocycles. The quantitative estimate of drug-likeness (QED) is 0.678. The van der Waals surface area contributed by atoms with Gasteiger partial charge in [-0.2, -0.15) is 11.8 Å². The van der Waals surface area contributed by atoms with Gasteiger partial charge in [0, 0.05) is 31.3 Å². The van der Waals surface area contributed by atoms with Crippen molar-refractivity contribution in [1.29, 1.82) is 0 Å². The van der Waals surface area contributed by atoms with Gasteiger partial charge in [-0.05, 0) is 25.0 Å². The van der Waals surface area contributed by atoms with Crippen LogP contribution in [0.15, 0.2) is 0 Å². The minimum Gasteiger partial charge on any atom is -0.355 e. The van der Waals surface area contributed by atoms with Crippen LogP contribution in [-0.2, 0) is 4.79 Å². The van der Waals surface area contributed by atoms with Gasteiger partial charge in [-0.3, -0.25) is 4.79 Å². The molecule has 0 heterocycles. The van der Waals surface area contributed by atoms with E-state index in [4.69, 9.17) is 0 Å². The predicted octanol–water partition coefficient (Wildman–Crippen LogP) is 1.39. The van der Waals surface area contributed by atoms with E-state index < -0.39 is 0 Å². The average Bonchev–Trinajstić information content (AvgIpc) is 2.61. The fourth-order valence-electron chi connectivity index (χ4n) is 2.03. The Balaban J connectivity index is 2.01. The summed E-state index contributed by atoms with van der Waals surface area (Å²) in [6, 6.07) is 0.669. The smallest absolute Gasteiger partial charge is 0.216 e. The molecule has 0 spiro atoms. The first-order valence-corrected chi connectivity index (χ1v) is 6.86. The fraction of sp³-hybridized carbons (Fsp3) is 0.909. The zero-order valence-corrected chi connectivity index (χ0v) is 10.5. The summed E-state index contributed by atoms with van der Waals surface area (Å²) in [5.74, 6) is 1.28. The Bertz CT molecular complexity index is 199. The maximum atomic E-state index is 10.6. The van der Waals surface area contributed by atoms with E-state index in [-0.39, 0.29) is 5.91 Å². The Morgan fingerprint density at radius 2 is 2.20 bits per heavy atom. The lowest BCUT2D eigenvalue weighted by molar-refractivity contribution is -0.118. The molecule has 1 fully saturated rings. The van der Waals surface area contributed by atoms with Crippen LogP contribution in [0.3, 0.4) is 0 Å². The molecule has 0 aromatic rings. The minimum atomic E-state index is 0.0580. The Labute approximate surface area is 96.8 Å². The van der Waals surface area contributed by atoms with E-state index in [1.165, 1.54) is 25.0 Å². The van der Waals surface area contributed by atoms with E-state index >= 15 is 0 Å². The minimum absolute atomic E-state index is 0.0580. The summed E-state index contributed by atoms with van der Waals surface area (Å²) < 4.78 is 0. The van der Waals surface area contributed by atoms with E-state index in [1.807, 2.05) is 0 Å². The van der Waals surface area contributed by atoms with Crippen molar-refractivity contribution >= 4 is 17.7 Å². The van der Waals surface area contributed by atoms with Crippen LogP contribution in [0.1, 0.15) is 33.1 Å². The number of nitrogens with one attached hydrogen (secondary N) is 2. The molecule has 1 saturated carbocycles. The molecule has 0 bridgehead atoms. The van der Waals surface area contributed by atoms with Gasteiger partial charge in [0.1, 0.15) is 0 Å². The van der Waals surface area contributed by atoms with Gasteiger partial charge in [0.25, 0.3) is 0 Å². The zero-order valence-electron chi connectivity index (χ0n) is 9.71. The van der Waals surface area contributed by atoms with Crippen LogP contribution in [0.4, 0.5) is 0 Å². The van der Waals surface area contributed by atoms with Crippen molar-refractivity contribution in [2.75, 3.05) is 18.8 Å². The predicted molar refractivity (Wildman–Crippen MR) is 66.2 cm³/mol.